The number of aliphatic carboxylic acids is 1. The Kier molecular flexibility index (Phi) is 5.84. The number of amides is 2. The standard InChI is InChI=1S/C15H28N2O3/c1-5-16(11-12(2)13(18)19)14(20)17-9-6-7-15(3,4)8-10-17/h12H,5-11H2,1-4H3,(H,18,19). The molecule has 1 heterocycles. The molecule has 0 bridgehead atoms. The normalized spacial score (nSPS) is 20.1. The summed E-state index contributed by atoms with van der Waals surface area (Å²) in [5.74, 6) is -1.38. The SMILES string of the molecule is CCN(CC(C)C(=O)O)C(=O)N1CCCC(C)(C)CC1. The maximum Gasteiger partial charge on any atom is 0.320 e. The van der Waals surface area contributed by atoms with Gasteiger partial charge in [-0.25, -0.2) is 4.79 Å². The molecule has 5 heteroatoms. The first kappa shape index (κ1) is 16.8. The van der Waals surface area contributed by atoms with Crippen LogP contribution in [0.2, 0.25) is 0 Å². The van der Waals surface area contributed by atoms with Gasteiger partial charge in [0.15, 0.2) is 0 Å². The maximum atomic E-state index is 12.5. The lowest BCUT2D eigenvalue weighted by Crippen LogP contribution is -2.46. The monoisotopic (exact) mass is 284 g/mol. The van der Waals surface area contributed by atoms with Crippen molar-refractivity contribution >= 4 is 12.0 Å². The van der Waals surface area contributed by atoms with E-state index >= 15 is 0 Å². The fourth-order valence-electron chi connectivity index (χ4n) is 2.57. The average molecular weight is 284 g/mol. The van der Waals surface area contributed by atoms with Crippen molar-refractivity contribution in [2.24, 2.45) is 11.3 Å². The second-order valence-corrected chi connectivity index (χ2v) is 6.57. The van der Waals surface area contributed by atoms with Crippen molar-refractivity contribution in [3.63, 3.8) is 0 Å². The molecule has 116 valence electrons. The lowest BCUT2D eigenvalue weighted by molar-refractivity contribution is -0.141. The second-order valence-electron chi connectivity index (χ2n) is 6.57. The van der Waals surface area contributed by atoms with Crippen molar-refractivity contribution in [1.29, 1.82) is 0 Å². The van der Waals surface area contributed by atoms with Crippen LogP contribution in [0.15, 0.2) is 0 Å². The van der Waals surface area contributed by atoms with E-state index in [-0.39, 0.29) is 12.6 Å². The molecule has 20 heavy (non-hydrogen) atoms. The third-order valence-corrected chi connectivity index (χ3v) is 4.18. The van der Waals surface area contributed by atoms with Gasteiger partial charge in [0.1, 0.15) is 0 Å². The van der Waals surface area contributed by atoms with Gasteiger partial charge in [0.2, 0.25) is 0 Å². The lowest BCUT2D eigenvalue weighted by atomic mass is 9.85. The molecule has 1 N–H and O–H groups in total. The van der Waals surface area contributed by atoms with E-state index in [1.807, 2.05) is 11.8 Å². The molecule has 0 saturated carbocycles. The molecular weight excluding hydrogens is 256 g/mol. The second kappa shape index (κ2) is 6.95. The molecule has 1 saturated heterocycles. The minimum atomic E-state index is -0.853. The van der Waals surface area contributed by atoms with Gasteiger partial charge in [-0.2, -0.15) is 0 Å². The summed E-state index contributed by atoms with van der Waals surface area (Å²) in [5.41, 5.74) is 0.292. The van der Waals surface area contributed by atoms with Crippen molar-refractivity contribution in [3.8, 4) is 0 Å². The Morgan fingerprint density at radius 2 is 1.95 bits per heavy atom. The van der Waals surface area contributed by atoms with Gasteiger partial charge >= 0.3 is 12.0 Å². The number of carbonyl (C=O) groups excluding carboxylic acids is 1. The number of hydrogen-bond acceptors (Lipinski definition) is 2. The Bertz CT molecular complexity index is 355. The Hall–Kier alpha value is -1.26. The van der Waals surface area contributed by atoms with Crippen LogP contribution in [0.1, 0.15) is 47.0 Å². The van der Waals surface area contributed by atoms with Gasteiger partial charge < -0.3 is 14.9 Å². The highest BCUT2D eigenvalue weighted by molar-refractivity contribution is 5.76. The summed E-state index contributed by atoms with van der Waals surface area (Å²) in [7, 11) is 0. The van der Waals surface area contributed by atoms with Crippen LogP contribution in [-0.2, 0) is 4.79 Å². The first-order valence-electron chi connectivity index (χ1n) is 7.53. The van der Waals surface area contributed by atoms with Crippen molar-refractivity contribution in [3.05, 3.63) is 0 Å². The molecular formula is C15H28N2O3. The van der Waals surface area contributed by atoms with Crippen LogP contribution in [0.4, 0.5) is 4.79 Å². The predicted molar refractivity (Wildman–Crippen MR) is 78.6 cm³/mol. The van der Waals surface area contributed by atoms with Gasteiger partial charge in [0.05, 0.1) is 5.92 Å². The number of hydrogen-bond donors (Lipinski definition) is 1. The zero-order valence-corrected chi connectivity index (χ0v) is 13.2. The van der Waals surface area contributed by atoms with E-state index in [1.165, 1.54) is 0 Å². The summed E-state index contributed by atoms with van der Waals surface area (Å²) in [6, 6.07) is -0.0155. The summed E-state index contributed by atoms with van der Waals surface area (Å²) in [6.07, 6.45) is 3.16. The van der Waals surface area contributed by atoms with E-state index in [0.29, 0.717) is 12.0 Å². The van der Waals surface area contributed by atoms with E-state index < -0.39 is 11.9 Å². The quantitative estimate of drug-likeness (QED) is 0.863. The van der Waals surface area contributed by atoms with E-state index in [1.54, 1.807) is 11.8 Å². The molecule has 0 spiro atoms. The van der Waals surface area contributed by atoms with Crippen molar-refractivity contribution in [1.82, 2.24) is 9.80 Å². The van der Waals surface area contributed by atoms with Gasteiger partial charge in [0, 0.05) is 26.2 Å². The number of urea groups is 1. The molecule has 1 aliphatic rings. The molecule has 1 atom stereocenters. The van der Waals surface area contributed by atoms with Crippen LogP contribution in [0.3, 0.4) is 0 Å². The van der Waals surface area contributed by atoms with Crippen LogP contribution in [0.5, 0.6) is 0 Å². The molecule has 0 aliphatic carbocycles. The van der Waals surface area contributed by atoms with Crippen LogP contribution >= 0.6 is 0 Å². The molecule has 0 aromatic rings. The van der Waals surface area contributed by atoms with Gasteiger partial charge in [-0.15, -0.1) is 0 Å². The topological polar surface area (TPSA) is 60.9 Å². The summed E-state index contributed by atoms with van der Waals surface area (Å²) in [4.78, 5) is 27.0. The predicted octanol–water partition coefficient (Wildman–Crippen LogP) is 2.66. The molecule has 1 unspecified atom stereocenters. The Morgan fingerprint density at radius 3 is 2.50 bits per heavy atom. The highest BCUT2D eigenvalue weighted by Crippen LogP contribution is 2.30. The molecule has 1 rings (SSSR count). The zero-order chi connectivity index (χ0) is 15.3. The number of carboxylic acid groups (broad SMARTS) is 1. The molecule has 1 aliphatic heterocycles. The molecule has 0 radical (unpaired) electrons. The Morgan fingerprint density at radius 1 is 1.30 bits per heavy atom. The van der Waals surface area contributed by atoms with E-state index in [9.17, 15) is 9.59 Å². The van der Waals surface area contributed by atoms with Crippen molar-refractivity contribution < 1.29 is 14.7 Å². The molecule has 2 amide bonds. The number of carboxylic acids is 1. The average Bonchev–Trinajstić information content (AvgIpc) is 2.55. The Balaban J connectivity index is 2.64. The van der Waals surface area contributed by atoms with E-state index in [2.05, 4.69) is 13.8 Å². The number of carbonyl (C=O) groups is 2. The lowest BCUT2D eigenvalue weighted by Gasteiger charge is -2.30. The number of likely N-dealkylation sites (tertiary alicyclic amines) is 1. The number of rotatable bonds is 4. The fraction of sp³-hybridized carbons (Fsp3) is 0.867. The van der Waals surface area contributed by atoms with Gasteiger partial charge in [-0.1, -0.05) is 20.8 Å². The fourth-order valence-corrected chi connectivity index (χ4v) is 2.57. The van der Waals surface area contributed by atoms with Crippen LogP contribution < -0.4 is 0 Å². The zero-order valence-electron chi connectivity index (χ0n) is 13.2. The minimum Gasteiger partial charge on any atom is -0.481 e. The highest BCUT2D eigenvalue weighted by Gasteiger charge is 2.28. The summed E-state index contributed by atoms with van der Waals surface area (Å²) in [5, 5.41) is 8.98. The molecule has 5 nitrogen and oxygen atoms in total. The van der Waals surface area contributed by atoms with E-state index in [0.717, 1.165) is 32.4 Å². The molecule has 0 aromatic heterocycles. The largest absolute Gasteiger partial charge is 0.481 e. The summed E-state index contributed by atoms with van der Waals surface area (Å²) in [6.45, 7) is 10.4. The Labute approximate surface area is 121 Å². The third-order valence-electron chi connectivity index (χ3n) is 4.18. The summed E-state index contributed by atoms with van der Waals surface area (Å²) < 4.78 is 0. The molecule has 0 aromatic carbocycles. The van der Waals surface area contributed by atoms with Crippen molar-refractivity contribution in [2.45, 2.75) is 47.0 Å². The van der Waals surface area contributed by atoms with Gasteiger partial charge in [0.25, 0.3) is 0 Å². The van der Waals surface area contributed by atoms with Crippen molar-refractivity contribution in [2.75, 3.05) is 26.2 Å². The first-order chi connectivity index (χ1) is 9.26. The van der Waals surface area contributed by atoms with Crippen LogP contribution in [0, 0.1) is 11.3 Å². The minimum absolute atomic E-state index is 0.0155. The highest BCUT2D eigenvalue weighted by atomic mass is 16.4. The van der Waals surface area contributed by atoms with Gasteiger partial charge in [-0.05, 0) is 31.6 Å². The number of nitrogens with zero attached hydrogens (tertiary/aromatic N) is 2. The third kappa shape index (κ3) is 4.69. The van der Waals surface area contributed by atoms with Crippen LogP contribution in [-0.4, -0.2) is 53.1 Å². The van der Waals surface area contributed by atoms with E-state index in [4.69, 9.17) is 5.11 Å². The van der Waals surface area contributed by atoms with Gasteiger partial charge in [-0.3, -0.25) is 4.79 Å². The maximum absolute atomic E-state index is 12.5. The summed E-state index contributed by atoms with van der Waals surface area (Å²) >= 11 is 0. The molecule has 1 fully saturated rings. The van der Waals surface area contributed by atoms with Crippen LogP contribution in [0.25, 0.3) is 0 Å². The smallest absolute Gasteiger partial charge is 0.320 e. The first-order valence-corrected chi connectivity index (χ1v) is 7.53.